The van der Waals surface area contributed by atoms with E-state index in [-0.39, 0.29) is 5.91 Å². The number of nitrogens with zero attached hydrogens (tertiary/aromatic N) is 1. The summed E-state index contributed by atoms with van der Waals surface area (Å²) < 4.78 is 0. The number of anilines is 2. The first-order valence-electron chi connectivity index (χ1n) is 9.27. The van der Waals surface area contributed by atoms with Gasteiger partial charge in [-0.25, -0.2) is 0 Å². The third kappa shape index (κ3) is 4.82. The molecule has 1 aliphatic heterocycles. The van der Waals surface area contributed by atoms with E-state index >= 15 is 0 Å². The van der Waals surface area contributed by atoms with E-state index in [4.69, 9.17) is 12.2 Å². The van der Waals surface area contributed by atoms with Gasteiger partial charge in [0.2, 0.25) is 5.91 Å². The molecule has 2 aliphatic rings. The molecule has 1 fully saturated rings. The number of aryl methyl sites for hydroxylation is 1. The Labute approximate surface area is 155 Å². The second kappa shape index (κ2) is 8.48. The van der Waals surface area contributed by atoms with Crippen molar-refractivity contribution in [2.24, 2.45) is 0 Å². The molecule has 25 heavy (non-hydrogen) atoms. The first-order chi connectivity index (χ1) is 12.1. The van der Waals surface area contributed by atoms with Crippen LogP contribution >= 0.6 is 12.2 Å². The molecule has 1 aliphatic carbocycles. The number of benzene rings is 1. The highest BCUT2D eigenvalue weighted by Gasteiger charge is 2.22. The van der Waals surface area contributed by atoms with Crippen molar-refractivity contribution in [3.8, 4) is 0 Å². The van der Waals surface area contributed by atoms with Gasteiger partial charge in [0.05, 0.1) is 0 Å². The number of amides is 1. The molecule has 2 N–H and O–H groups in total. The number of nitrogens with one attached hydrogen (secondary N) is 2. The third-order valence-electron chi connectivity index (χ3n) is 4.94. The van der Waals surface area contributed by atoms with Gasteiger partial charge in [0.25, 0.3) is 0 Å². The Morgan fingerprint density at radius 3 is 2.80 bits per heavy atom. The van der Waals surface area contributed by atoms with Gasteiger partial charge in [-0.2, -0.15) is 0 Å². The summed E-state index contributed by atoms with van der Waals surface area (Å²) in [5, 5.41) is 7.19. The summed E-state index contributed by atoms with van der Waals surface area (Å²) >= 11 is 5.40. The van der Waals surface area contributed by atoms with E-state index in [0.717, 1.165) is 42.9 Å². The lowest BCUT2D eigenvalue weighted by molar-refractivity contribution is -0.117. The number of carbonyl (C=O) groups is 1. The van der Waals surface area contributed by atoms with Crippen LogP contribution in [0.1, 0.15) is 50.5 Å². The molecule has 0 unspecified atom stereocenters. The number of thiocarbonyl (C=S) groups is 1. The van der Waals surface area contributed by atoms with E-state index < -0.39 is 0 Å². The summed E-state index contributed by atoms with van der Waals surface area (Å²) in [4.78, 5) is 13.8. The van der Waals surface area contributed by atoms with Crippen LogP contribution in [-0.4, -0.2) is 24.1 Å². The smallest absolute Gasteiger partial charge is 0.227 e. The van der Waals surface area contributed by atoms with E-state index in [2.05, 4.69) is 22.8 Å². The second-order valence-electron chi connectivity index (χ2n) is 6.89. The molecule has 0 aromatic heterocycles. The Hall–Kier alpha value is -1.88. The number of carbonyl (C=O) groups excluding carboxylic acids is 1. The molecule has 4 nitrogen and oxygen atoms in total. The van der Waals surface area contributed by atoms with E-state index in [1.807, 2.05) is 24.0 Å². The summed E-state index contributed by atoms with van der Waals surface area (Å²) in [7, 11) is 0. The van der Waals surface area contributed by atoms with Crippen LogP contribution in [0.2, 0.25) is 0 Å². The van der Waals surface area contributed by atoms with Gasteiger partial charge in [0, 0.05) is 30.9 Å². The van der Waals surface area contributed by atoms with Crippen LogP contribution < -0.4 is 15.5 Å². The summed E-state index contributed by atoms with van der Waals surface area (Å²) in [6.07, 6.45) is 10.2. The molecule has 0 bridgehead atoms. The largest absolute Gasteiger partial charge is 0.362 e. The molecule has 0 saturated carbocycles. The average Bonchev–Trinajstić information content (AvgIpc) is 3.02. The zero-order valence-corrected chi connectivity index (χ0v) is 15.8. The van der Waals surface area contributed by atoms with E-state index in [1.165, 1.54) is 25.7 Å². The van der Waals surface area contributed by atoms with Crippen molar-refractivity contribution in [2.75, 3.05) is 23.3 Å². The summed E-state index contributed by atoms with van der Waals surface area (Å²) in [6.45, 7) is 3.73. The molecule has 0 radical (unpaired) electrons. The fourth-order valence-corrected chi connectivity index (χ4v) is 3.80. The molecular weight excluding hydrogens is 330 g/mol. The highest BCUT2D eigenvalue weighted by atomic mass is 32.1. The Kier molecular flexibility index (Phi) is 6.08. The molecule has 1 heterocycles. The molecule has 1 aromatic carbocycles. The average molecular weight is 358 g/mol. The van der Waals surface area contributed by atoms with E-state index in [9.17, 15) is 4.79 Å². The van der Waals surface area contributed by atoms with Crippen LogP contribution in [0.5, 0.6) is 0 Å². The minimum absolute atomic E-state index is 0.220. The summed E-state index contributed by atoms with van der Waals surface area (Å²) in [5.41, 5.74) is 4.62. The van der Waals surface area contributed by atoms with Crippen molar-refractivity contribution in [1.82, 2.24) is 5.32 Å². The molecule has 3 rings (SSSR count). The maximum atomic E-state index is 11.9. The Morgan fingerprint density at radius 2 is 2.12 bits per heavy atom. The van der Waals surface area contributed by atoms with Crippen molar-refractivity contribution in [3.63, 3.8) is 0 Å². The lowest BCUT2D eigenvalue weighted by Crippen LogP contribution is -2.29. The van der Waals surface area contributed by atoms with Crippen molar-refractivity contribution in [2.45, 2.75) is 51.9 Å². The monoisotopic (exact) mass is 357 g/mol. The highest BCUT2D eigenvalue weighted by molar-refractivity contribution is 7.80. The van der Waals surface area contributed by atoms with Crippen molar-refractivity contribution in [1.29, 1.82) is 0 Å². The van der Waals surface area contributed by atoms with Gasteiger partial charge in [-0.1, -0.05) is 11.6 Å². The maximum absolute atomic E-state index is 11.9. The molecule has 5 heteroatoms. The molecule has 134 valence electrons. The molecule has 1 amide bonds. The van der Waals surface area contributed by atoms with Crippen LogP contribution in [0.4, 0.5) is 11.4 Å². The first-order valence-corrected chi connectivity index (χ1v) is 9.68. The Bertz CT molecular complexity index is 684. The minimum atomic E-state index is 0.220. The van der Waals surface area contributed by atoms with Crippen LogP contribution in [0, 0.1) is 6.92 Å². The van der Waals surface area contributed by atoms with Gasteiger partial charge in [-0.05, 0) is 81.4 Å². The SMILES string of the molecule is Cc1cc(NC(=S)NCCC2=CCCCC2)ccc1N1CCCC1=O. The minimum Gasteiger partial charge on any atom is -0.362 e. The van der Waals surface area contributed by atoms with E-state index in [0.29, 0.717) is 11.5 Å². The predicted molar refractivity (Wildman–Crippen MR) is 108 cm³/mol. The molecular formula is C20H27N3OS. The van der Waals surface area contributed by atoms with Crippen molar-refractivity contribution < 1.29 is 4.79 Å². The van der Waals surface area contributed by atoms with Crippen LogP contribution in [0.15, 0.2) is 29.8 Å². The van der Waals surface area contributed by atoms with Gasteiger partial charge >= 0.3 is 0 Å². The van der Waals surface area contributed by atoms with E-state index in [1.54, 1.807) is 5.57 Å². The fourth-order valence-electron chi connectivity index (χ4n) is 3.58. The Morgan fingerprint density at radius 1 is 1.24 bits per heavy atom. The van der Waals surface area contributed by atoms with Crippen LogP contribution in [0.3, 0.4) is 0 Å². The number of hydrogen-bond donors (Lipinski definition) is 2. The predicted octanol–water partition coefficient (Wildman–Crippen LogP) is 4.30. The lowest BCUT2D eigenvalue weighted by atomic mass is 9.97. The summed E-state index contributed by atoms with van der Waals surface area (Å²) in [5.74, 6) is 0.220. The van der Waals surface area contributed by atoms with Gasteiger partial charge in [0.15, 0.2) is 5.11 Å². The fraction of sp³-hybridized carbons (Fsp3) is 0.500. The van der Waals surface area contributed by atoms with Crippen molar-refractivity contribution in [3.05, 3.63) is 35.4 Å². The van der Waals surface area contributed by atoms with Gasteiger partial charge in [0.1, 0.15) is 0 Å². The standard InChI is InChI=1S/C20H27N3OS/c1-15-14-17(9-10-18(15)23-13-5-8-19(23)24)22-20(25)21-12-11-16-6-3-2-4-7-16/h6,9-10,14H,2-5,7-8,11-13H2,1H3,(H2,21,22,25). The highest BCUT2D eigenvalue weighted by Crippen LogP contribution is 2.27. The topological polar surface area (TPSA) is 44.4 Å². The number of allylic oxidation sites excluding steroid dienone is 1. The van der Waals surface area contributed by atoms with Crippen LogP contribution in [0.25, 0.3) is 0 Å². The molecule has 1 aromatic rings. The van der Waals surface area contributed by atoms with Gasteiger partial charge in [-0.15, -0.1) is 0 Å². The maximum Gasteiger partial charge on any atom is 0.227 e. The molecule has 0 spiro atoms. The number of hydrogen-bond acceptors (Lipinski definition) is 2. The number of rotatable bonds is 5. The summed E-state index contributed by atoms with van der Waals surface area (Å²) in [6, 6.07) is 6.06. The molecule has 0 atom stereocenters. The van der Waals surface area contributed by atoms with Crippen LogP contribution in [-0.2, 0) is 4.79 Å². The van der Waals surface area contributed by atoms with Crippen molar-refractivity contribution >= 4 is 34.6 Å². The first kappa shape index (κ1) is 17.9. The zero-order chi connectivity index (χ0) is 17.6. The molecule has 1 saturated heterocycles. The van der Waals surface area contributed by atoms with Gasteiger partial charge < -0.3 is 15.5 Å². The Balaban J connectivity index is 1.50. The third-order valence-corrected chi connectivity index (χ3v) is 5.18. The normalized spacial score (nSPS) is 17.4. The zero-order valence-electron chi connectivity index (χ0n) is 14.9. The second-order valence-corrected chi connectivity index (χ2v) is 7.30. The van der Waals surface area contributed by atoms with Gasteiger partial charge in [-0.3, -0.25) is 4.79 Å². The lowest BCUT2D eigenvalue weighted by Gasteiger charge is -2.19. The quantitative estimate of drug-likeness (QED) is 0.609.